The minimum atomic E-state index is 0.0226. The minimum absolute atomic E-state index is 0.0226. The number of hydrogen-bond donors (Lipinski definition) is 2. The summed E-state index contributed by atoms with van der Waals surface area (Å²) in [7, 11) is 0. The lowest BCUT2D eigenvalue weighted by Gasteiger charge is -2.29. The average molecular weight is 232 g/mol. The minimum Gasteiger partial charge on any atom is -0.368 e. The quantitative estimate of drug-likeness (QED) is 0.733. The van der Waals surface area contributed by atoms with Crippen molar-refractivity contribution in [2.75, 3.05) is 6.54 Å². The number of rotatable bonds is 3. The van der Waals surface area contributed by atoms with Crippen LogP contribution >= 0.6 is 0 Å². The third kappa shape index (κ3) is 3.90. The molecular formula is C15H24N2. The van der Waals surface area contributed by atoms with Gasteiger partial charge >= 0.3 is 0 Å². The van der Waals surface area contributed by atoms with E-state index < -0.39 is 0 Å². The zero-order valence-electron chi connectivity index (χ0n) is 11.0. The van der Waals surface area contributed by atoms with Crippen molar-refractivity contribution in [3.8, 4) is 0 Å². The highest BCUT2D eigenvalue weighted by Gasteiger charge is 2.25. The van der Waals surface area contributed by atoms with Gasteiger partial charge in [0.1, 0.15) is 0 Å². The molecule has 2 nitrogen and oxygen atoms in total. The summed E-state index contributed by atoms with van der Waals surface area (Å²) in [5, 5.41) is 3.16. The fourth-order valence-electron chi connectivity index (χ4n) is 2.11. The van der Waals surface area contributed by atoms with Crippen LogP contribution in [-0.4, -0.2) is 6.54 Å². The van der Waals surface area contributed by atoms with Gasteiger partial charge in [0.25, 0.3) is 0 Å². The molecule has 1 aliphatic heterocycles. The number of nitrogens with two attached hydrogens (primary N) is 1. The van der Waals surface area contributed by atoms with Crippen LogP contribution in [0.15, 0.2) is 48.4 Å². The maximum atomic E-state index is 5.56. The van der Waals surface area contributed by atoms with Crippen LogP contribution < -0.4 is 11.1 Å². The van der Waals surface area contributed by atoms with E-state index in [4.69, 9.17) is 5.73 Å². The molecule has 2 heteroatoms. The molecule has 0 amide bonds. The molecule has 94 valence electrons. The molecule has 0 saturated heterocycles. The molecule has 1 rings (SSSR count). The second-order valence-electron chi connectivity index (χ2n) is 4.81. The van der Waals surface area contributed by atoms with Gasteiger partial charge in [-0.25, -0.2) is 0 Å². The van der Waals surface area contributed by atoms with E-state index in [1.54, 1.807) is 0 Å². The highest BCUT2D eigenvalue weighted by Crippen LogP contribution is 2.37. The van der Waals surface area contributed by atoms with Gasteiger partial charge in [0.15, 0.2) is 0 Å². The van der Waals surface area contributed by atoms with Gasteiger partial charge in [0.2, 0.25) is 0 Å². The molecule has 0 bridgehead atoms. The molecule has 0 aromatic carbocycles. The van der Waals surface area contributed by atoms with Crippen molar-refractivity contribution >= 4 is 0 Å². The standard InChI is InChI=1S/C15H24N2/c1-13(7-10-16)14(2)15(3)8-5-4-6-11-17-12-9-15/h6-7,9,11-12,17H,2,4-5,8,10,16H2,1,3H3/b11-6-,12-9-,13-7-. The van der Waals surface area contributed by atoms with E-state index in [1.807, 2.05) is 18.5 Å². The largest absolute Gasteiger partial charge is 0.368 e. The van der Waals surface area contributed by atoms with Crippen molar-refractivity contribution in [2.24, 2.45) is 11.1 Å². The molecule has 0 aliphatic carbocycles. The Kier molecular flexibility index (Phi) is 5.23. The summed E-state index contributed by atoms with van der Waals surface area (Å²) in [6.45, 7) is 9.15. The summed E-state index contributed by atoms with van der Waals surface area (Å²) in [4.78, 5) is 0. The molecule has 0 saturated carbocycles. The summed E-state index contributed by atoms with van der Waals surface area (Å²) in [5.41, 5.74) is 7.96. The number of nitrogens with one attached hydrogen (secondary N) is 1. The maximum absolute atomic E-state index is 5.56. The van der Waals surface area contributed by atoms with Gasteiger partial charge in [-0.1, -0.05) is 37.3 Å². The summed E-state index contributed by atoms with van der Waals surface area (Å²) in [6.07, 6.45) is 13.8. The molecule has 3 N–H and O–H groups in total. The first-order valence-electron chi connectivity index (χ1n) is 6.25. The molecule has 17 heavy (non-hydrogen) atoms. The van der Waals surface area contributed by atoms with Gasteiger partial charge in [0.05, 0.1) is 0 Å². The Morgan fingerprint density at radius 2 is 2.29 bits per heavy atom. The monoisotopic (exact) mass is 232 g/mol. The summed E-state index contributed by atoms with van der Waals surface area (Å²) in [5.74, 6) is 0. The van der Waals surface area contributed by atoms with E-state index in [0.717, 1.165) is 12.8 Å². The van der Waals surface area contributed by atoms with Gasteiger partial charge in [0, 0.05) is 12.0 Å². The van der Waals surface area contributed by atoms with Crippen LogP contribution in [0.5, 0.6) is 0 Å². The van der Waals surface area contributed by atoms with Crippen LogP contribution in [-0.2, 0) is 0 Å². The number of allylic oxidation sites excluding steroid dienone is 4. The van der Waals surface area contributed by atoms with Crippen LogP contribution in [0, 0.1) is 5.41 Å². The van der Waals surface area contributed by atoms with Crippen LogP contribution in [0.3, 0.4) is 0 Å². The van der Waals surface area contributed by atoms with Gasteiger partial charge < -0.3 is 11.1 Å². The average Bonchev–Trinajstić information content (AvgIpc) is 2.41. The van der Waals surface area contributed by atoms with Crippen molar-refractivity contribution in [1.29, 1.82) is 0 Å². The van der Waals surface area contributed by atoms with Crippen molar-refractivity contribution in [3.05, 3.63) is 48.4 Å². The van der Waals surface area contributed by atoms with Gasteiger partial charge in [-0.05, 0) is 44.2 Å². The molecule has 1 unspecified atom stereocenters. The Morgan fingerprint density at radius 1 is 1.53 bits per heavy atom. The maximum Gasteiger partial charge on any atom is 0.0118 e. The van der Waals surface area contributed by atoms with E-state index in [1.165, 1.54) is 17.6 Å². The van der Waals surface area contributed by atoms with Crippen molar-refractivity contribution in [1.82, 2.24) is 5.32 Å². The fourth-order valence-corrected chi connectivity index (χ4v) is 2.11. The Balaban J connectivity index is 2.87. The van der Waals surface area contributed by atoms with Crippen molar-refractivity contribution in [3.63, 3.8) is 0 Å². The second-order valence-corrected chi connectivity index (χ2v) is 4.81. The molecule has 1 atom stereocenters. The lowest BCUT2D eigenvalue weighted by atomic mass is 9.75. The van der Waals surface area contributed by atoms with E-state index in [9.17, 15) is 0 Å². The highest BCUT2D eigenvalue weighted by atomic mass is 14.8. The lowest BCUT2D eigenvalue weighted by molar-refractivity contribution is 0.458. The van der Waals surface area contributed by atoms with Crippen LogP contribution in [0.4, 0.5) is 0 Å². The van der Waals surface area contributed by atoms with Crippen molar-refractivity contribution in [2.45, 2.75) is 33.1 Å². The van der Waals surface area contributed by atoms with E-state index in [2.05, 4.69) is 37.9 Å². The molecule has 1 heterocycles. The van der Waals surface area contributed by atoms with Crippen LogP contribution in [0.1, 0.15) is 33.1 Å². The predicted molar refractivity (Wildman–Crippen MR) is 75.3 cm³/mol. The molecule has 0 aromatic rings. The Labute approximate surface area is 105 Å². The topological polar surface area (TPSA) is 38.0 Å². The third-order valence-corrected chi connectivity index (χ3v) is 3.42. The van der Waals surface area contributed by atoms with E-state index in [-0.39, 0.29) is 5.41 Å². The zero-order chi connectivity index (χ0) is 12.7. The number of hydrogen-bond acceptors (Lipinski definition) is 2. The first-order valence-corrected chi connectivity index (χ1v) is 6.25. The summed E-state index contributed by atoms with van der Waals surface area (Å²) < 4.78 is 0. The van der Waals surface area contributed by atoms with E-state index in [0.29, 0.717) is 6.54 Å². The molecule has 0 radical (unpaired) electrons. The normalized spacial score (nSPS) is 29.5. The van der Waals surface area contributed by atoms with Crippen molar-refractivity contribution < 1.29 is 0 Å². The Bertz CT molecular complexity index is 350. The zero-order valence-corrected chi connectivity index (χ0v) is 11.0. The summed E-state index contributed by atoms with van der Waals surface area (Å²) >= 11 is 0. The SMILES string of the molecule is C=C(/C(C)=C\CN)C1(C)/C=C\N/C=C\CCC1. The van der Waals surface area contributed by atoms with Crippen LogP contribution in [0.2, 0.25) is 0 Å². The van der Waals surface area contributed by atoms with Gasteiger partial charge in [-0.2, -0.15) is 0 Å². The Hall–Kier alpha value is -1.28. The predicted octanol–water partition coefficient (Wildman–Crippen LogP) is 3.25. The van der Waals surface area contributed by atoms with Gasteiger partial charge in [-0.3, -0.25) is 0 Å². The second kappa shape index (κ2) is 6.45. The summed E-state index contributed by atoms with van der Waals surface area (Å²) in [6, 6.07) is 0. The van der Waals surface area contributed by atoms with E-state index >= 15 is 0 Å². The first kappa shape index (κ1) is 13.8. The Morgan fingerprint density at radius 3 is 3.00 bits per heavy atom. The van der Waals surface area contributed by atoms with Gasteiger partial charge in [-0.15, -0.1) is 0 Å². The third-order valence-electron chi connectivity index (χ3n) is 3.42. The molecule has 0 spiro atoms. The first-order chi connectivity index (χ1) is 8.10. The molecule has 0 aromatic heterocycles. The lowest BCUT2D eigenvalue weighted by Crippen LogP contribution is -2.18. The van der Waals surface area contributed by atoms with Crippen LogP contribution in [0.25, 0.3) is 0 Å². The highest BCUT2D eigenvalue weighted by molar-refractivity contribution is 5.36. The molecular weight excluding hydrogens is 208 g/mol. The molecule has 1 aliphatic rings. The smallest absolute Gasteiger partial charge is 0.0118 e. The molecule has 0 fully saturated rings. The fraction of sp³-hybridized carbons (Fsp3) is 0.467.